The molecule has 0 bridgehead atoms. The summed E-state index contributed by atoms with van der Waals surface area (Å²) in [4.78, 5) is 10.8. The van der Waals surface area contributed by atoms with Crippen molar-refractivity contribution in [1.29, 1.82) is 0 Å². The highest BCUT2D eigenvalue weighted by Gasteiger charge is 2.21. The molecule has 104 valence electrons. The fourth-order valence-electron chi connectivity index (χ4n) is 2.80. The molecule has 0 spiro atoms. The molecule has 1 aromatic carbocycles. The quantitative estimate of drug-likeness (QED) is 0.737. The van der Waals surface area contributed by atoms with E-state index in [1.165, 1.54) is 29.5 Å². The van der Waals surface area contributed by atoms with Crippen LogP contribution >= 0.6 is 0 Å². The molecule has 1 aromatic rings. The zero-order valence-electron chi connectivity index (χ0n) is 12.2. The van der Waals surface area contributed by atoms with Crippen molar-refractivity contribution >= 4 is 6.29 Å². The molecule has 0 heterocycles. The molecule has 0 amide bonds. The van der Waals surface area contributed by atoms with Crippen LogP contribution in [0.2, 0.25) is 0 Å². The number of benzene rings is 1. The lowest BCUT2D eigenvalue weighted by molar-refractivity contribution is -0.108. The van der Waals surface area contributed by atoms with Crippen molar-refractivity contribution in [2.45, 2.75) is 64.9 Å². The zero-order chi connectivity index (χ0) is 13.8. The third-order valence-corrected chi connectivity index (χ3v) is 4.27. The van der Waals surface area contributed by atoms with Crippen molar-refractivity contribution < 1.29 is 9.53 Å². The fourth-order valence-corrected chi connectivity index (χ4v) is 2.80. The largest absolute Gasteiger partial charge is 0.490 e. The van der Waals surface area contributed by atoms with Gasteiger partial charge in [0.25, 0.3) is 0 Å². The number of hydrogen-bond acceptors (Lipinski definition) is 2. The summed E-state index contributed by atoms with van der Waals surface area (Å²) in [7, 11) is 0. The van der Waals surface area contributed by atoms with Gasteiger partial charge in [-0.3, -0.25) is 0 Å². The Kier molecular flexibility index (Phi) is 4.62. The second-order valence-corrected chi connectivity index (χ2v) is 5.75. The van der Waals surface area contributed by atoms with Crippen LogP contribution < -0.4 is 4.74 Å². The molecule has 2 rings (SSSR count). The van der Waals surface area contributed by atoms with Crippen molar-refractivity contribution in [2.75, 3.05) is 0 Å². The van der Waals surface area contributed by atoms with Crippen molar-refractivity contribution in [3.05, 3.63) is 28.8 Å². The molecule has 0 radical (unpaired) electrons. The second-order valence-electron chi connectivity index (χ2n) is 5.75. The van der Waals surface area contributed by atoms with Gasteiger partial charge in [-0.25, -0.2) is 0 Å². The number of carbonyl (C=O) groups excluding carboxylic acids is 1. The van der Waals surface area contributed by atoms with Gasteiger partial charge in [-0.05, 0) is 62.1 Å². The van der Waals surface area contributed by atoms with Gasteiger partial charge in [0.2, 0.25) is 0 Å². The molecular formula is C17H24O2. The van der Waals surface area contributed by atoms with E-state index in [2.05, 4.69) is 32.9 Å². The maximum Gasteiger partial charge on any atom is 0.126 e. The number of aldehydes is 1. The van der Waals surface area contributed by atoms with Crippen LogP contribution in [0.5, 0.6) is 5.75 Å². The lowest BCUT2D eigenvalue weighted by Crippen LogP contribution is -2.14. The van der Waals surface area contributed by atoms with Gasteiger partial charge in [0.1, 0.15) is 12.0 Å². The first-order valence-electron chi connectivity index (χ1n) is 7.34. The van der Waals surface area contributed by atoms with E-state index < -0.39 is 0 Å². The highest BCUT2D eigenvalue weighted by Crippen LogP contribution is 2.36. The van der Waals surface area contributed by atoms with Crippen molar-refractivity contribution in [1.82, 2.24) is 0 Å². The summed E-state index contributed by atoms with van der Waals surface area (Å²) in [6.45, 7) is 6.34. The van der Waals surface area contributed by atoms with Gasteiger partial charge in [0, 0.05) is 6.42 Å². The molecule has 2 heteroatoms. The molecule has 1 aliphatic carbocycles. The van der Waals surface area contributed by atoms with Gasteiger partial charge in [-0.15, -0.1) is 0 Å². The molecular weight excluding hydrogens is 236 g/mol. The van der Waals surface area contributed by atoms with Crippen LogP contribution in [0.15, 0.2) is 12.1 Å². The minimum Gasteiger partial charge on any atom is -0.490 e. The third kappa shape index (κ3) is 3.17. The number of carbonyl (C=O) groups is 1. The van der Waals surface area contributed by atoms with E-state index in [0.717, 1.165) is 24.9 Å². The molecule has 1 atom stereocenters. The third-order valence-electron chi connectivity index (χ3n) is 4.27. The Hall–Kier alpha value is -1.31. The van der Waals surface area contributed by atoms with Crippen LogP contribution in [0.4, 0.5) is 0 Å². The number of ether oxygens (including phenoxy) is 1. The maximum absolute atomic E-state index is 10.8. The van der Waals surface area contributed by atoms with E-state index in [1.54, 1.807) is 0 Å². The first-order valence-corrected chi connectivity index (χ1v) is 7.34. The molecule has 1 unspecified atom stereocenters. The number of hydrogen-bond donors (Lipinski definition) is 0. The normalized spacial score (nSPS) is 17.4. The van der Waals surface area contributed by atoms with Crippen LogP contribution in [0.3, 0.4) is 0 Å². The van der Waals surface area contributed by atoms with Crippen molar-refractivity contribution in [3.63, 3.8) is 0 Å². The lowest BCUT2D eigenvalue weighted by Gasteiger charge is -2.22. The molecule has 0 saturated heterocycles. The molecule has 1 aliphatic rings. The molecule has 0 aliphatic heterocycles. The Labute approximate surface area is 116 Å². The van der Waals surface area contributed by atoms with Gasteiger partial charge >= 0.3 is 0 Å². The Bertz CT molecular complexity index is 445. The summed E-state index contributed by atoms with van der Waals surface area (Å²) >= 11 is 0. The summed E-state index contributed by atoms with van der Waals surface area (Å²) in [5.74, 6) is 1.26. The molecule has 2 nitrogen and oxygen atoms in total. The highest BCUT2D eigenvalue weighted by atomic mass is 16.5. The first kappa shape index (κ1) is 14.1. The topological polar surface area (TPSA) is 26.3 Å². The van der Waals surface area contributed by atoms with Crippen LogP contribution in [-0.4, -0.2) is 12.4 Å². The smallest absolute Gasteiger partial charge is 0.126 e. The van der Waals surface area contributed by atoms with E-state index in [1.807, 2.05) is 0 Å². The van der Waals surface area contributed by atoms with E-state index in [4.69, 9.17) is 4.74 Å². The molecule has 1 saturated carbocycles. The average molecular weight is 260 g/mol. The summed E-state index contributed by atoms with van der Waals surface area (Å²) in [5.41, 5.74) is 3.67. The Morgan fingerprint density at radius 1 is 1.32 bits per heavy atom. The fraction of sp³-hybridized carbons (Fsp3) is 0.588. The molecule has 0 N–H and O–H groups in total. The average Bonchev–Trinajstić information content (AvgIpc) is 2.88. The van der Waals surface area contributed by atoms with Crippen LogP contribution in [0, 0.1) is 13.8 Å². The predicted molar refractivity (Wildman–Crippen MR) is 77.9 cm³/mol. The Morgan fingerprint density at radius 2 is 2.00 bits per heavy atom. The van der Waals surface area contributed by atoms with Crippen LogP contribution in [0.25, 0.3) is 0 Å². The molecule has 0 aromatic heterocycles. The standard InChI is InChI=1S/C17H24O2/c1-12-8-9-16(13(2)10-11-18)17(14(12)3)19-15-6-4-5-7-15/h8-9,11,13,15H,4-7,10H2,1-3H3. The monoisotopic (exact) mass is 260 g/mol. The number of rotatable bonds is 5. The minimum atomic E-state index is 0.230. The highest BCUT2D eigenvalue weighted by molar-refractivity contribution is 5.54. The maximum atomic E-state index is 10.8. The van der Waals surface area contributed by atoms with Gasteiger partial charge < -0.3 is 9.53 Å². The van der Waals surface area contributed by atoms with E-state index in [9.17, 15) is 4.79 Å². The minimum absolute atomic E-state index is 0.230. The van der Waals surface area contributed by atoms with E-state index >= 15 is 0 Å². The Morgan fingerprint density at radius 3 is 2.63 bits per heavy atom. The van der Waals surface area contributed by atoms with E-state index in [-0.39, 0.29) is 5.92 Å². The van der Waals surface area contributed by atoms with Gasteiger partial charge in [-0.1, -0.05) is 19.1 Å². The summed E-state index contributed by atoms with van der Waals surface area (Å²) in [6.07, 6.45) is 6.79. The van der Waals surface area contributed by atoms with E-state index in [0.29, 0.717) is 12.5 Å². The van der Waals surface area contributed by atoms with Crippen molar-refractivity contribution in [3.8, 4) is 5.75 Å². The number of aryl methyl sites for hydroxylation is 1. The summed E-state index contributed by atoms with van der Waals surface area (Å²) in [6, 6.07) is 4.26. The summed E-state index contributed by atoms with van der Waals surface area (Å²) in [5, 5.41) is 0. The van der Waals surface area contributed by atoms with Gasteiger partial charge in [-0.2, -0.15) is 0 Å². The van der Waals surface area contributed by atoms with Crippen LogP contribution in [-0.2, 0) is 4.79 Å². The first-order chi connectivity index (χ1) is 9.13. The zero-order valence-corrected chi connectivity index (χ0v) is 12.2. The van der Waals surface area contributed by atoms with Crippen LogP contribution in [0.1, 0.15) is 61.6 Å². The summed E-state index contributed by atoms with van der Waals surface area (Å²) < 4.78 is 6.27. The Balaban J connectivity index is 2.30. The van der Waals surface area contributed by atoms with Gasteiger partial charge in [0.15, 0.2) is 0 Å². The SMILES string of the molecule is Cc1ccc(C(C)CC=O)c(OC2CCCC2)c1C. The van der Waals surface area contributed by atoms with Gasteiger partial charge in [0.05, 0.1) is 6.10 Å². The molecule has 19 heavy (non-hydrogen) atoms. The lowest BCUT2D eigenvalue weighted by atomic mass is 9.93. The van der Waals surface area contributed by atoms with Crippen molar-refractivity contribution in [2.24, 2.45) is 0 Å². The second kappa shape index (κ2) is 6.23. The molecule has 1 fully saturated rings. The predicted octanol–water partition coefficient (Wildman–Crippen LogP) is 4.32.